The highest BCUT2D eigenvalue weighted by Gasteiger charge is 2.63. The summed E-state index contributed by atoms with van der Waals surface area (Å²) in [6.07, 6.45) is 14.5. The molecule has 4 fully saturated rings. The molecule has 6 atom stereocenters. The van der Waals surface area contributed by atoms with Crippen LogP contribution in [0, 0.1) is 29.1 Å². The molecule has 3 saturated carbocycles. The molecule has 0 aromatic heterocycles. The van der Waals surface area contributed by atoms with Gasteiger partial charge in [-0.3, -0.25) is 4.79 Å². The first-order chi connectivity index (χ1) is 11.1. The van der Waals surface area contributed by atoms with Crippen molar-refractivity contribution in [2.24, 2.45) is 29.1 Å². The van der Waals surface area contributed by atoms with Crippen molar-refractivity contribution >= 4 is 5.78 Å². The Bertz CT molecular complexity index is 556. The number of carbonyl (C=O) groups is 1. The van der Waals surface area contributed by atoms with E-state index in [1.807, 2.05) is 6.08 Å². The van der Waals surface area contributed by atoms with Gasteiger partial charge < -0.3 is 4.74 Å². The largest absolute Gasteiger partial charge is 0.374 e. The van der Waals surface area contributed by atoms with Crippen LogP contribution in [0.2, 0.25) is 0 Å². The van der Waals surface area contributed by atoms with Crippen molar-refractivity contribution in [3.63, 3.8) is 0 Å². The van der Waals surface area contributed by atoms with E-state index >= 15 is 0 Å². The van der Waals surface area contributed by atoms with Crippen LogP contribution in [0.25, 0.3) is 0 Å². The topological polar surface area (TPSA) is 26.3 Å². The van der Waals surface area contributed by atoms with Gasteiger partial charge in [0.05, 0.1) is 5.60 Å². The summed E-state index contributed by atoms with van der Waals surface area (Å²) in [5.74, 6) is 3.75. The van der Waals surface area contributed by atoms with E-state index in [0.29, 0.717) is 11.2 Å². The van der Waals surface area contributed by atoms with Crippen LogP contribution in [0.3, 0.4) is 0 Å². The highest BCUT2D eigenvalue weighted by Crippen LogP contribution is 2.67. The molecule has 0 amide bonds. The monoisotopic (exact) mass is 314 g/mol. The van der Waals surface area contributed by atoms with Crippen LogP contribution in [0.15, 0.2) is 11.6 Å². The van der Waals surface area contributed by atoms with E-state index in [1.165, 1.54) is 56.9 Å². The molecule has 0 unspecified atom stereocenters. The molecule has 1 saturated heterocycles. The van der Waals surface area contributed by atoms with E-state index < -0.39 is 0 Å². The summed E-state index contributed by atoms with van der Waals surface area (Å²) in [6, 6.07) is 0. The van der Waals surface area contributed by atoms with Gasteiger partial charge in [0, 0.05) is 13.0 Å². The van der Waals surface area contributed by atoms with Crippen molar-refractivity contribution in [3.05, 3.63) is 11.6 Å². The maximum atomic E-state index is 11.8. The average Bonchev–Trinajstić information content (AvgIpc) is 3.14. The molecular formula is C21H30O2. The Balaban J connectivity index is 1.46. The van der Waals surface area contributed by atoms with Crippen molar-refractivity contribution in [2.75, 3.05) is 6.61 Å². The lowest BCUT2D eigenvalue weighted by molar-refractivity contribution is -0.128. The summed E-state index contributed by atoms with van der Waals surface area (Å²) in [5.41, 5.74) is 2.16. The Labute approximate surface area is 140 Å². The summed E-state index contributed by atoms with van der Waals surface area (Å²) in [5, 5.41) is 0. The number of ketones is 1. The minimum absolute atomic E-state index is 0.223. The lowest BCUT2D eigenvalue weighted by atomic mass is 9.50. The van der Waals surface area contributed by atoms with Crippen LogP contribution < -0.4 is 0 Å². The highest BCUT2D eigenvalue weighted by molar-refractivity contribution is 5.91. The second-order valence-electron chi connectivity index (χ2n) is 9.24. The summed E-state index contributed by atoms with van der Waals surface area (Å²) in [6.45, 7) is 3.57. The normalized spacial score (nSPS) is 52.0. The van der Waals surface area contributed by atoms with E-state index in [4.69, 9.17) is 4.74 Å². The van der Waals surface area contributed by atoms with E-state index in [1.54, 1.807) is 0 Å². The van der Waals surface area contributed by atoms with Gasteiger partial charge in [-0.2, -0.15) is 0 Å². The third-order valence-corrected chi connectivity index (χ3v) is 8.69. The number of hydrogen-bond acceptors (Lipinski definition) is 2. The molecule has 0 aromatic rings. The smallest absolute Gasteiger partial charge is 0.155 e. The van der Waals surface area contributed by atoms with Gasteiger partial charge in [0.15, 0.2) is 5.78 Å². The van der Waals surface area contributed by atoms with Crippen molar-refractivity contribution in [1.82, 2.24) is 0 Å². The Morgan fingerprint density at radius 2 is 1.96 bits per heavy atom. The Hall–Kier alpha value is -0.630. The molecule has 1 spiro atoms. The van der Waals surface area contributed by atoms with Gasteiger partial charge in [-0.15, -0.1) is 0 Å². The molecule has 1 heterocycles. The van der Waals surface area contributed by atoms with Crippen molar-refractivity contribution in [1.29, 1.82) is 0 Å². The second kappa shape index (κ2) is 4.94. The molecule has 0 N–H and O–H groups in total. The number of allylic oxidation sites excluding steroid dienone is 1. The van der Waals surface area contributed by atoms with Crippen molar-refractivity contribution in [2.45, 2.75) is 76.7 Å². The highest BCUT2D eigenvalue weighted by atomic mass is 16.5. The molecular weight excluding hydrogens is 284 g/mol. The molecule has 2 heteroatoms. The molecule has 4 aliphatic carbocycles. The minimum Gasteiger partial charge on any atom is -0.374 e. The number of hydrogen-bond donors (Lipinski definition) is 0. The SMILES string of the molecule is C[C@]12CC[C@H]3[C@H](CCC4=CC(=O)CC[C@H]43)[C@@H]1CC[C@@]21CCCO1. The molecule has 0 aromatic carbocycles. The van der Waals surface area contributed by atoms with Gasteiger partial charge in [-0.05, 0) is 93.0 Å². The Kier molecular flexibility index (Phi) is 3.15. The molecule has 0 bridgehead atoms. The molecule has 23 heavy (non-hydrogen) atoms. The van der Waals surface area contributed by atoms with Gasteiger partial charge in [0.25, 0.3) is 0 Å². The lowest BCUT2D eigenvalue weighted by Crippen LogP contribution is -2.52. The third-order valence-electron chi connectivity index (χ3n) is 8.69. The Morgan fingerprint density at radius 3 is 2.78 bits per heavy atom. The second-order valence-corrected chi connectivity index (χ2v) is 9.24. The first-order valence-electron chi connectivity index (χ1n) is 10.0. The predicted octanol–water partition coefficient (Wildman–Crippen LogP) is 4.68. The van der Waals surface area contributed by atoms with Crippen LogP contribution in [0.4, 0.5) is 0 Å². The fraction of sp³-hybridized carbons (Fsp3) is 0.857. The quantitative estimate of drug-likeness (QED) is 0.649. The van der Waals surface area contributed by atoms with Gasteiger partial charge in [-0.1, -0.05) is 12.5 Å². The van der Waals surface area contributed by atoms with Gasteiger partial charge in [0.2, 0.25) is 0 Å². The molecule has 2 nitrogen and oxygen atoms in total. The summed E-state index contributed by atoms with van der Waals surface area (Å²) < 4.78 is 6.42. The van der Waals surface area contributed by atoms with Gasteiger partial charge in [0.1, 0.15) is 0 Å². The first-order valence-corrected chi connectivity index (χ1v) is 10.0. The van der Waals surface area contributed by atoms with Gasteiger partial charge in [-0.25, -0.2) is 0 Å². The molecule has 0 radical (unpaired) electrons. The number of fused-ring (bicyclic) bond motifs is 6. The molecule has 5 rings (SSSR count). The minimum atomic E-state index is 0.223. The van der Waals surface area contributed by atoms with E-state index in [0.717, 1.165) is 43.1 Å². The number of rotatable bonds is 0. The van der Waals surface area contributed by atoms with Gasteiger partial charge >= 0.3 is 0 Å². The maximum Gasteiger partial charge on any atom is 0.155 e. The zero-order valence-electron chi connectivity index (χ0n) is 14.5. The molecule has 126 valence electrons. The maximum absolute atomic E-state index is 11.8. The molecule has 1 aliphatic heterocycles. The predicted molar refractivity (Wildman–Crippen MR) is 90.0 cm³/mol. The van der Waals surface area contributed by atoms with E-state index in [9.17, 15) is 4.79 Å². The zero-order chi connectivity index (χ0) is 15.7. The van der Waals surface area contributed by atoms with Crippen molar-refractivity contribution < 1.29 is 9.53 Å². The summed E-state index contributed by atoms with van der Waals surface area (Å²) >= 11 is 0. The fourth-order valence-electron chi connectivity index (χ4n) is 7.62. The number of carbonyl (C=O) groups excluding carboxylic acids is 1. The van der Waals surface area contributed by atoms with Crippen molar-refractivity contribution in [3.8, 4) is 0 Å². The van der Waals surface area contributed by atoms with Crippen LogP contribution in [-0.4, -0.2) is 18.0 Å². The zero-order valence-corrected chi connectivity index (χ0v) is 14.5. The Morgan fingerprint density at radius 1 is 1.04 bits per heavy atom. The van der Waals surface area contributed by atoms with E-state index in [2.05, 4.69) is 6.92 Å². The van der Waals surface area contributed by atoms with Crippen LogP contribution in [0.5, 0.6) is 0 Å². The van der Waals surface area contributed by atoms with Crippen LogP contribution >= 0.6 is 0 Å². The average molecular weight is 314 g/mol. The third kappa shape index (κ3) is 1.88. The summed E-state index contributed by atoms with van der Waals surface area (Å²) in [7, 11) is 0. The van der Waals surface area contributed by atoms with Crippen LogP contribution in [-0.2, 0) is 9.53 Å². The standard InChI is InChI=1S/C21H30O2/c1-20-10-7-17-16-6-4-15(22)13-14(16)3-5-18(17)19(20)8-11-21(20)9-2-12-23-21/h13,16-19H,2-12H2,1H3/t16-,17-,18+,19+,20+,21+/m1/s1. The first kappa shape index (κ1) is 14.7. The lowest BCUT2D eigenvalue weighted by Gasteiger charge is -2.56. The molecule has 5 aliphatic rings. The van der Waals surface area contributed by atoms with E-state index in [-0.39, 0.29) is 5.60 Å². The fourth-order valence-corrected chi connectivity index (χ4v) is 7.62. The number of ether oxygens (including phenoxy) is 1. The summed E-state index contributed by atoms with van der Waals surface area (Å²) in [4.78, 5) is 11.8. The van der Waals surface area contributed by atoms with Crippen LogP contribution in [0.1, 0.15) is 71.1 Å².